The molecule has 1 aliphatic carbocycles. The topological polar surface area (TPSA) is 70.2 Å². The smallest absolute Gasteiger partial charge is 0.251 e. The zero-order valence-corrected chi connectivity index (χ0v) is 19.7. The van der Waals surface area contributed by atoms with Crippen LogP contribution in [-0.2, 0) is 4.79 Å². The Kier molecular flexibility index (Phi) is 9.26. The van der Waals surface area contributed by atoms with Crippen molar-refractivity contribution in [1.82, 2.24) is 16.0 Å². The van der Waals surface area contributed by atoms with Crippen molar-refractivity contribution in [2.24, 2.45) is 0 Å². The SMILES string of the molecule is CC(=O)NCCNC(=O)c1ccccc1.CC(NC1CCCC1)c1csc2ccccc12. The van der Waals surface area contributed by atoms with Gasteiger partial charge in [0.15, 0.2) is 0 Å². The van der Waals surface area contributed by atoms with Gasteiger partial charge in [-0.15, -0.1) is 11.3 Å². The molecular formula is C26H33N3O2S. The summed E-state index contributed by atoms with van der Waals surface area (Å²) in [4.78, 5) is 22.0. The zero-order chi connectivity index (χ0) is 22.8. The van der Waals surface area contributed by atoms with Crippen LogP contribution in [0.5, 0.6) is 0 Å². The number of hydrogen-bond donors (Lipinski definition) is 3. The first kappa shape index (κ1) is 24.0. The molecule has 0 radical (unpaired) electrons. The van der Waals surface area contributed by atoms with Crippen molar-refractivity contribution in [3.63, 3.8) is 0 Å². The lowest BCUT2D eigenvalue weighted by Crippen LogP contribution is -2.33. The Balaban J connectivity index is 0.000000183. The van der Waals surface area contributed by atoms with Crippen molar-refractivity contribution in [1.29, 1.82) is 0 Å². The molecule has 1 saturated carbocycles. The summed E-state index contributed by atoms with van der Waals surface area (Å²) in [5.74, 6) is -0.218. The van der Waals surface area contributed by atoms with Gasteiger partial charge in [-0.1, -0.05) is 49.2 Å². The lowest BCUT2D eigenvalue weighted by molar-refractivity contribution is -0.118. The maximum Gasteiger partial charge on any atom is 0.251 e. The van der Waals surface area contributed by atoms with Crippen LogP contribution in [0.2, 0.25) is 0 Å². The average Bonchev–Trinajstić information content (AvgIpc) is 3.47. The molecule has 1 fully saturated rings. The molecule has 1 aliphatic rings. The Morgan fingerprint density at radius 2 is 1.62 bits per heavy atom. The third kappa shape index (κ3) is 7.18. The molecule has 1 heterocycles. The van der Waals surface area contributed by atoms with E-state index in [2.05, 4.69) is 52.5 Å². The van der Waals surface area contributed by atoms with Gasteiger partial charge in [0.05, 0.1) is 0 Å². The van der Waals surface area contributed by atoms with E-state index in [0.717, 1.165) is 6.04 Å². The molecule has 1 unspecified atom stereocenters. The highest BCUT2D eigenvalue weighted by Gasteiger charge is 2.19. The molecule has 3 aromatic rings. The van der Waals surface area contributed by atoms with Gasteiger partial charge in [0, 0.05) is 42.4 Å². The van der Waals surface area contributed by atoms with Crippen LogP contribution in [0.4, 0.5) is 0 Å². The zero-order valence-electron chi connectivity index (χ0n) is 18.9. The Morgan fingerprint density at radius 3 is 2.34 bits per heavy atom. The summed E-state index contributed by atoms with van der Waals surface area (Å²) in [5.41, 5.74) is 2.10. The second-order valence-electron chi connectivity index (χ2n) is 8.16. The number of rotatable bonds is 7. The summed E-state index contributed by atoms with van der Waals surface area (Å²) < 4.78 is 1.41. The van der Waals surface area contributed by atoms with Crippen molar-refractivity contribution in [3.8, 4) is 0 Å². The van der Waals surface area contributed by atoms with Crippen LogP contribution in [0.3, 0.4) is 0 Å². The monoisotopic (exact) mass is 451 g/mol. The first-order chi connectivity index (χ1) is 15.5. The summed E-state index contributed by atoms with van der Waals surface area (Å²) in [5, 5.41) is 12.8. The molecule has 3 N–H and O–H groups in total. The number of hydrogen-bond acceptors (Lipinski definition) is 4. The van der Waals surface area contributed by atoms with E-state index in [9.17, 15) is 9.59 Å². The molecule has 0 saturated heterocycles. The molecule has 6 heteroatoms. The molecular weight excluding hydrogens is 418 g/mol. The molecule has 2 amide bonds. The van der Waals surface area contributed by atoms with Crippen LogP contribution in [-0.4, -0.2) is 30.9 Å². The van der Waals surface area contributed by atoms with Crippen LogP contribution < -0.4 is 16.0 Å². The molecule has 4 rings (SSSR count). The fraction of sp³-hybridized carbons (Fsp3) is 0.385. The molecule has 1 aromatic heterocycles. The van der Waals surface area contributed by atoms with Crippen molar-refractivity contribution in [3.05, 3.63) is 71.1 Å². The van der Waals surface area contributed by atoms with E-state index in [1.165, 1.54) is 48.3 Å². The van der Waals surface area contributed by atoms with Gasteiger partial charge in [0.25, 0.3) is 5.91 Å². The van der Waals surface area contributed by atoms with E-state index in [1.807, 2.05) is 29.5 Å². The van der Waals surface area contributed by atoms with E-state index in [4.69, 9.17) is 0 Å². The summed E-state index contributed by atoms with van der Waals surface area (Å²) in [6, 6.07) is 18.9. The Morgan fingerprint density at radius 1 is 0.969 bits per heavy atom. The number of fused-ring (bicyclic) bond motifs is 1. The number of amides is 2. The maximum absolute atomic E-state index is 11.5. The normalized spacial score (nSPS) is 14.4. The van der Waals surface area contributed by atoms with Crippen molar-refractivity contribution < 1.29 is 9.59 Å². The van der Waals surface area contributed by atoms with E-state index < -0.39 is 0 Å². The van der Waals surface area contributed by atoms with Crippen LogP contribution in [0.25, 0.3) is 10.1 Å². The average molecular weight is 452 g/mol. The van der Waals surface area contributed by atoms with Gasteiger partial charge in [-0.05, 0) is 54.3 Å². The Hall–Kier alpha value is -2.70. The minimum absolute atomic E-state index is 0.0936. The van der Waals surface area contributed by atoms with Gasteiger partial charge in [-0.25, -0.2) is 0 Å². The first-order valence-electron chi connectivity index (χ1n) is 11.3. The van der Waals surface area contributed by atoms with Crippen LogP contribution in [0, 0.1) is 0 Å². The third-order valence-electron chi connectivity index (χ3n) is 5.64. The van der Waals surface area contributed by atoms with Crippen LogP contribution >= 0.6 is 11.3 Å². The molecule has 0 bridgehead atoms. The predicted molar refractivity (Wildman–Crippen MR) is 133 cm³/mol. The molecule has 0 spiro atoms. The van der Waals surface area contributed by atoms with Crippen molar-refractivity contribution >= 4 is 33.2 Å². The quantitative estimate of drug-likeness (QED) is 0.441. The first-order valence-corrected chi connectivity index (χ1v) is 12.2. The summed E-state index contributed by atoms with van der Waals surface area (Å²) in [7, 11) is 0. The van der Waals surface area contributed by atoms with E-state index in [1.54, 1.807) is 12.1 Å². The van der Waals surface area contributed by atoms with Gasteiger partial charge >= 0.3 is 0 Å². The van der Waals surface area contributed by atoms with E-state index in [0.29, 0.717) is 24.7 Å². The molecule has 5 nitrogen and oxygen atoms in total. The van der Waals surface area contributed by atoms with Crippen LogP contribution in [0.1, 0.15) is 61.5 Å². The van der Waals surface area contributed by atoms with Gasteiger partial charge < -0.3 is 16.0 Å². The molecule has 170 valence electrons. The third-order valence-corrected chi connectivity index (χ3v) is 6.62. The summed E-state index contributed by atoms with van der Waals surface area (Å²) >= 11 is 1.86. The number of nitrogens with one attached hydrogen (secondary N) is 3. The lowest BCUT2D eigenvalue weighted by Gasteiger charge is -2.19. The standard InChI is InChI=1S/C15H19NS.C11H14N2O2/c1-11(16-12-6-2-3-7-12)14-10-17-15-9-5-4-8-13(14)15;1-9(14)12-7-8-13-11(15)10-5-3-2-4-6-10/h4-5,8-12,16H,2-3,6-7H2,1H3;2-6H,7-8H2,1H3,(H,12,14)(H,13,15). The fourth-order valence-corrected chi connectivity index (χ4v) is 5.03. The highest BCUT2D eigenvalue weighted by molar-refractivity contribution is 7.17. The lowest BCUT2D eigenvalue weighted by atomic mass is 10.1. The van der Waals surface area contributed by atoms with Crippen molar-refractivity contribution in [2.75, 3.05) is 13.1 Å². The second kappa shape index (κ2) is 12.4. The largest absolute Gasteiger partial charge is 0.355 e. The second-order valence-corrected chi connectivity index (χ2v) is 9.07. The number of carbonyl (C=O) groups is 2. The van der Waals surface area contributed by atoms with E-state index >= 15 is 0 Å². The minimum Gasteiger partial charge on any atom is -0.355 e. The van der Waals surface area contributed by atoms with Crippen LogP contribution in [0.15, 0.2) is 60.0 Å². The predicted octanol–water partition coefficient (Wildman–Crippen LogP) is 5.05. The maximum atomic E-state index is 11.5. The minimum atomic E-state index is -0.124. The fourth-order valence-electron chi connectivity index (χ4n) is 3.98. The number of benzene rings is 2. The molecule has 1 atom stereocenters. The van der Waals surface area contributed by atoms with Gasteiger partial charge in [0.1, 0.15) is 0 Å². The highest BCUT2D eigenvalue weighted by atomic mass is 32.1. The summed E-state index contributed by atoms with van der Waals surface area (Å²) in [6.45, 7) is 4.63. The highest BCUT2D eigenvalue weighted by Crippen LogP contribution is 2.31. The molecule has 32 heavy (non-hydrogen) atoms. The van der Waals surface area contributed by atoms with Gasteiger partial charge in [-0.3, -0.25) is 9.59 Å². The Labute approximate surface area is 194 Å². The number of carbonyl (C=O) groups excluding carboxylic acids is 2. The number of thiophene rings is 1. The van der Waals surface area contributed by atoms with Gasteiger partial charge in [-0.2, -0.15) is 0 Å². The summed E-state index contributed by atoms with van der Waals surface area (Å²) in [6.07, 6.45) is 5.50. The molecule has 0 aliphatic heterocycles. The van der Waals surface area contributed by atoms with Crippen molar-refractivity contribution in [2.45, 2.75) is 51.6 Å². The Bertz CT molecular complexity index is 996. The van der Waals surface area contributed by atoms with Gasteiger partial charge in [0.2, 0.25) is 5.91 Å². The molecule has 2 aromatic carbocycles. The van der Waals surface area contributed by atoms with E-state index in [-0.39, 0.29) is 11.8 Å².